The summed E-state index contributed by atoms with van der Waals surface area (Å²) in [7, 11) is 0. The molecule has 1 aromatic rings. The molecule has 3 rings (SSSR count). The minimum absolute atomic E-state index is 0.0234. The number of carbonyl (C=O) groups is 2. The maximum atomic E-state index is 13.2. The van der Waals surface area contributed by atoms with E-state index in [1.807, 2.05) is 13.0 Å². The van der Waals surface area contributed by atoms with Crippen LogP contribution in [0.4, 0.5) is 4.39 Å². The zero-order valence-corrected chi connectivity index (χ0v) is 15.2. The molecule has 1 atom stereocenters. The van der Waals surface area contributed by atoms with Crippen molar-refractivity contribution in [2.45, 2.75) is 51.1 Å². The van der Waals surface area contributed by atoms with Gasteiger partial charge in [-0.2, -0.15) is 0 Å². The molecule has 2 aliphatic rings. The maximum Gasteiger partial charge on any atom is 0.317 e. The number of carboxylic acids is 1. The van der Waals surface area contributed by atoms with Gasteiger partial charge in [0.1, 0.15) is 5.82 Å². The van der Waals surface area contributed by atoms with Gasteiger partial charge in [-0.05, 0) is 55.7 Å². The molecular formula is C20H27FN2O3. The van der Waals surface area contributed by atoms with E-state index in [-0.39, 0.29) is 36.3 Å². The fourth-order valence-corrected chi connectivity index (χ4v) is 3.61. The van der Waals surface area contributed by atoms with E-state index in [2.05, 4.69) is 10.2 Å². The van der Waals surface area contributed by atoms with Crippen molar-refractivity contribution in [1.29, 1.82) is 0 Å². The summed E-state index contributed by atoms with van der Waals surface area (Å²) >= 11 is 0. The molecule has 6 heteroatoms. The molecule has 1 unspecified atom stereocenters. The molecule has 2 aliphatic carbocycles. The molecule has 1 amide bonds. The largest absolute Gasteiger partial charge is 0.480 e. The molecule has 0 heterocycles. The highest BCUT2D eigenvalue weighted by Gasteiger charge is 2.38. The van der Waals surface area contributed by atoms with Crippen LogP contribution >= 0.6 is 0 Å². The minimum Gasteiger partial charge on any atom is -0.480 e. The van der Waals surface area contributed by atoms with Gasteiger partial charge in [-0.25, -0.2) is 4.39 Å². The first-order chi connectivity index (χ1) is 12.4. The second-order valence-electron chi connectivity index (χ2n) is 7.83. The topological polar surface area (TPSA) is 69.6 Å². The zero-order valence-electron chi connectivity index (χ0n) is 15.2. The van der Waals surface area contributed by atoms with Gasteiger partial charge in [0.15, 0.2) is 0 Å². The van der Waals surface area contributed by atoms with E-state index < -0.39 is 5.97 Å². The first kappa shape index (κ1) is 18.8. The van der Waals surface area contributed by atoms with Crippen LogP contribution in [0.3, 0.4) is 0 Å². The Labute approximate surface area is 153 Å². The Morgan fingerprint density at radius 2 is 2.08 bits per heavy atom. The molecule has 2 saturated carbocycles. The minimum atomic E-state index is -0.790. The Morgan fingerprint density at radius 3 is 2.69 bits per heavy atom. The predicted octanol–water partition coefficient (Wildman–Crippen LogP) is 2.45. The number of nitrogens with zero attached hydrogens (tertiary/aromatic N) is 1. The Morgan fingerprint density at radius 1 is 1.35 bits per heavy atom. The molecule has 5 nitrogen and oxygen atoms in total. The lowest BCUT2D eigenvalue weighted by atomic mass is 9.84. The summed E-state index contributed by atoms with van der Waals surface area (Å²) in [6.07, 6.45) is 4.50. The smallest absolute Gasteiger partial charge is 0.317 e. The molecular weight excluding hydrogens is 335 g/mol. The third-order valence-electron chi connectivity index (χ3n) is 5.38. The number of carbonyl (C=O) groups excluding carboxylic acids is 1. The molecule has 1 aromatic carbocycles. The predicted molar refractivity (Wildman–Crippen MR) is 96.2 cm³/mol. The molecule has 0 aromatic heterocycles. The number of halogens is 1. The van der Waals surface area contributed by atoms with Gasteiger partial charge in [0, 0.05) is 24.5 Å². The highest BCUT2D eigenvalue weighted by molar-refractivity contribution is 5.79. The standard InChI is InChI=1S/C20H27FN2O3/c1-13(7-15-3-2-4-16(21)8-15)20(26)22-17-9-18(10-17)23(12-19(24)25)11-14-5-6-14/h2-4,8,13-14,17-18H,5-7,9-12H2,1H3,(H,22,26)(H,24,25). The molecule has 0 radical (unpaired) electrons. The van der Waals surface area contributed by atoms with E-state index in [9.17, 15) is 14.0 Å². The summed E-state index contributed by atoms with van der Waals surface area (Å²) in [6, 6.07) is 6.70. The van der Waals surface area contributed by atoms with Crippen LogP contribution in [-0.2, 0) is 16.0 Å². The number of benzene rings is 1. The van der Waals surface area contributed by atoms with Crippen LogP contribution in [0, 0.1) is 17.7 Å². The third kappa shape index (κ3) is 5.27. The number of hydrogen-bond donors (Lipinski definition) is 2. The molecule has 26 heavy (non-hydrogen) atoms. The van der Waals surface area contributed by atoms with E-state index in [1.165, 1.54) is 25.0 Å². The van der Waals surface area contributed by atoms with Crippen molar-refractivity contribution in [3.05, 3.63) is 35.6 Å². The van der Waals surface area contributed by atoms with Crippen LogP contribution < -0.4 is 5.32 Å². The van der Waals surface area contributed by atoms with Crippen LogP contribution in [0.1, 0.15) is 38.2 Å². The van der Waals surface area contributed by atoms with Gasteiger partial charge in [0.25, 0.3) is 0 Å². The van der Waals surface area contributed by atoms with Gasteiger partial charge in [0.2, 0.25) is 5.91 Å². The van der Waals surface area contributed by atoms with Crippen molar-refractivity contribution in [3.8, 4) is 0 Å². The van der Waals surface area contributed by atoms with Gasteiger partial charge in [-0.1, -0.05) is 19.1 Å². The van der Waals surface area contributed by atoms with Gasteiger partial charge >= 0.3 is 5.97 Å². The van der Waals surface area contributed by atoms with E-state index in [4.69, 9.17) is 5.11 Å². The molecule has 142 valence electrons. The summed E-state index contributed by atoms with van der Waals surface area (Å²) in [5.74, 6) is -0.676. The highest BCUT2D eigenvalue weighted by Crippen LogP contribution is 2.33. The van der Waals surface area contributed by atoms with Crippen molar-refractivity contribution < 1.29 is 19.1 Å². The summed E-state index contributed by atoms with van der Waals surface area (Å²) in [5.41, 5.74) is 0.816. The second-order valence-corrected chi connectivity index (χ2v) is 7.83. The van der Waals surface area contributed by atoms with Crippen molar-refractivity contribution in [2.75, 3.05) is 13.1 Å². The fraction of sp³-hybridized carbons (Fsp3) is 0.600. The number of amides is 1. The lowest BCUT2D eigenvalue weighted by Crippen LogP contribution is -2.56. The Balaban J connectivity index is 1.43. The van der Waals surface area contributed by atoms with E-state index >= 15 is 0 Å². The summed E-state index contributed by atoms with van der Waals surface area (Å²) < 4.78 is 13.2. The van der Waals surface area contributed by atoms with Crippen molar-refractivity contribution in [3.63, 3.8) is 0 Å². The molecule has 2 N–H and O–H groups in total. The first-order valence-electron chi connectivity index (χ1n) is 9.41. The fourth-order valence-electron chi connectivity index (χ4n) is 3.61. The average Bonchev–Trinajstić information content (AvgIpc) is 3.33. The van der Waals surface area contributed by atoms with Gasteiger partial charge in [0.05, 0.1) is 6.54 Å². The van der Waals surface area contributed by atoms with E-state index in [1.54, 1.807) is 6.07 Å². The van der Waals surface area contributed by atoms with Gasteiger partial charge in [-0.3, -0.25) is 14.5 Å². The molecule has 0 aliphatic heterocycles. The average molecular weight is 362 g/mol. The zero-order chi connectivity index (χ0) is 18.7. The number of carboxylic acid groups (broad SMARTS) is 1. The Kier molecular flexibility index (Phi) is 5.91. The quantitative estimate of drug-likeness (QED) is 0.708. The number of aliphatic carboxylic acids is 1. The number of nitrogens with one attached hydrogen (secondary N) is 1. The monoisotopic (exact) mass is 362 g/mol. The lowest BCUT2D eigenvalue weighted by Gasteiger charge is -2.43. The summed E-state index contributed by atoms with van der Waals surface area (Å²) in [6.45, 7) is 2.78. The second kappa shape index (κ2) is 8.16. The molecule has 0 spiro atoms. The van der Waals surface area contributed by atoms with E-state index in [0.717, 1.165) is 24.9 Å². The molecule has 0 saturated heterocycles. The normalized spacial score (nSPS) is 23.3. The van der Waals surface area contributed by atoms with Crippen molar-refractivity contribution in [2.24, 2.45) is 11.8 Å². The van der Waals surface area contributed by atoms with Gasteiger partial charge < -0.3 is 10.4 Å². The maximum absolute atomic E-state index is 13.2. The Bertz CT molecular complexity index is 656. The first-order valence-corrected chi connectivity index (χ1v) is 9.41. The summed E-state index contributed by atoms with van der Waals surface area (Å²) in [4.78, 5) is 25.5. The summed E-state index contributed by atoms with van der Waals surface area (Å²) in [5, 5.41) is 12.1. The van der Waals surface area contributed by atoms with Crippen molar-refractivity contribution >= 4 is 11.9 Å². The molecule has 0 bridgehead atoms. The SMILES string of the molecule is CC(Cc1cccc(F)c1)C(=O)NC1CC(N(CC(=O)O)CC2CC2)C1. The highest BCUT2D eigenvalue weighted by atomic mass is 19.1. The van der Waals surface area contributed by atoms with Crippen LogP contribution in [-0.4, -0.2) is 47.1 Å². The van der Waals surface area contributed by atoms with Crippen LogP contribution in [0.25, 0.3) is 0 Å². The third-order valence-corrected chi connectivity index (χ3v) is 5.38. The van der Waals surface area contributed by atoms with Gasteiger partial charge in [-0.15, -0.1) is 0 Å². The Hall–Kier alpha value is -1.95. The van der Waals surface area contributed by atoms with Crippen LogP contribution in [0.5, 0.6) is 0 Å². The lowest BCUT2D eigenvalue weighted by molar-refractivity contribution is -0.140. The van der Waals surface area contributed by atoms with E-state index in [0.29, 0.717) is 12.3 Å². The van der Waals surface area contributed by atoms with Crippen LogP contribution in [0.2, 0.25) is 0 Å². The van der Waals surface area contributed by atoms with Crippen LogP contribution in [0.15, 0.2) is 24.3 Å². The van der Waals surface area contributed by atoms with Crippen molar-refractivity contribution in [1.82, 2.24) is 10.2 Å². The number of rotatable bonds is 9. The molecule has 2 fully saturated rings. The number of hydrogen-bond acceptors (Lipinski definition) is 3.